The average molecular weight is 321 g/mol. The van der Waals surface area contributed by atoms with Gasteiger partial charge in [-0.25, -0.2) is 14.6 Å². The first-order chi connectivity index (χ1) is 11.8. The molecule has 124 valence electrons. The zero-order valence-electron chi connectivity index (χ0n) is 14.4. The zero-order valence-corrected chi connectivity index (χ0v) is 14.4. The Labute approximate surface area is 142 Å². The van der Waals surface area contributed by atoms with Gasteiger partial charge in [0.1, 0.15) is 0 Å². The van der Waals surface area contributed by atoms with Crippen LogP contribution in [0.25, 0.3) is 22.4 Å². The van der Waals surface area contributed by atoms with E-state index in [-0.39, 0.29) is 0 Å². The van der Waals surface area contributed by atoms with E-state index in [2.05, 4.69) is 41.2 Å². The maximum Gasteiger partial charge on any atom is 0.162 e. The third-order valence-electron chi connectivity index (χ3n) is 4.72. The molecule has 24 heavy (non-hydrogen) atoms. The van der Waals surface area contributed by atoms with Gasteiger partial charge < -0.3 is 4.90 Å². The van der Waals surface area contributed by atoms with Crippen molar-refractivity contribution in [2.45, 2.75) is 39.7 Å². The molecule has 1 fully saturated rings. The fraction of sp³-hybridized carbons (Fsp3) is 0.421. The van der Waals surface area contributed by atoms with Crippen LogP contribution in [0.15, 0.2) is 30.5 Å². The van der Waals surface area contributed by atoms with Crippen molar-refractivity contribution in [3.63, 3.8) is 0 Å². The normalized spacial score (nSPS) is 14.7. The molecule has 5 heteroatoms. The standard InChI is InChI=1S/C19H23N5/c1-3-10-24-19-17(13-20-24)14(2)21-18(22-19)15-6-8-16(9-7-15)23-11-4-5-12-23/h6-9,13H,3-5,10-12H2,1-2H3. The van der Waals surface area contributed by atoms with Crippen LogP contribution in [0.1, 0.15) is 31.9 Å². The number of hydrogen-bond acceptors (Lipinski definition) is 4. The molecular formula is C19H23N5. The second kappa shape index (κ2) is 6.23. The molecule has 1 saturated heterocycles. The molecule has 0 aliphatic carbocycles. The van der Waals surface area contributed by atoms with Crippen molar-refractivity contribution in [2.75, 3.05) is 18.0 Å². The monoisotopic (exact) mass is 321 g/mol. The Morgan fingerprint density at radius 3 is 2.50 bits per heavy atom. The van der Waals surface area contributed by atoms with E-state index in [0.717, 1.165) is 54.2 Å². The molecule has 1 aliphatic heterocycles. The molecule has 1 aliphatic rings. The van der Waals surface area contributed by atoms with Gasteiger partial charge in [-0.2, -0.15) is 5.10 Å². The van der Waals surface area contributed by atoms with Crippen molar-refractivity contribution in [1.29, 1.82) is 0 Å². The highest BCUT2D eigenvalue weighted by Crippen LogP contribution is 2.25. The summed E-state index contributed by atoms with van der Waals surface area (Å²) in [5.74, 6) is 0.783. The summed E-state index contributed by atoms with van der Waals surface area (Å²) in [6.07, 6.45) is 5.50. The van der Waals surface area contributed by atoms with Crippen LogP contribution in [0.5, 0.6) is 0 Å². The molecule has 4 rings (SSSR count). The van der Waals surface area contributed by atoms with E-state index in [0.29, 0.717) is 0 Å². The minimum Gasteiger partial charge on any atom is -0.372 e. The fourth-order valence-electron chi connectivity index (χ4n) is 3.40. The summed E-state index contributed by atoms with van der Waals surface area (Å²) in [6, 6.07) is 8.64. The topological polar surface area (TPSA) is 46.8 Å². The second-order valence-electron chi connectivity index (χ2n) is 6.48. The quantitative estimate of drug-likeness (QED) is 0.733. The smallest absolute Gasteiger partial charge is 0.162 e. The van der Waals surface area contributed by atoms with E-state index in [9.17, 15) is 0 Å². The van der Waals surface area contributed by atoms with Gasteiger partial charge in [-0.1, -0.05) is 6.92 Å². The first kappa shape index (κ1) is 15.1. The maximum atomic E-state index is 4.79. The molecule has 0 atom stereocenters. The van der Waals surface area contributed by atoms with Crippen LogP contribution < -0.4 is 4.90 Å². The summed E-state index contributed by atoms with van der Waals surface area (Å²) in [6.45, 7) is 7.39. The number of hydrogen-bond donors (Lipinski definition) is 0. The lowest BCUT2D eigenvalue weighted by molar-refractivity contribution is 0.617. The number of benzene rings is 1. The molecular weight excluding hydrogens is 298 g/mol. The van der Waals surface area contributed by atoms with Crippen molar-refractivity contribution in [3.8, 4) is 11.4 Å². The first-order valence-corrected chi connectivity index (χ1v) is 8.82. The van der Waals surface area contributed by atoms with Gasteiger partial charge >= 0.3 is 0 Å². The lowest BCUT2D eigenvalue weighted by Gasteiger charge is -2.17. The Morgan fingerprint density at radius 1 is 1.04 bits per heavy atom. The minimum atomic E-state index is 0.783. The van der Waals surface area contributed by atoms with E-state index >= 15 is 0 Å². The van der Waals surface area contributed by atoms with Gasteiger partial charge in [0.15, 0.2) is 11.5 Å². The summed E-state index contributed by atoms with van der Waals surface area (Å²) >= 11 is 0. The molecule has 5 nitrogen and oxygen atoms in total. The molecule has 3 heterocycles. The van der Waals surface area contributed by atoms with Gasteiger partial charge in [-0.15, -0.1) is 0 Å². The maximum absolute atomic E-state index is 4.79. The van der Waals surface area contributed by atoms with Gasteiger partial charge in [0.05, 0.1) is 17.3 Å². The van der Waals surface area contributed by atoms with Crippen LogP contribution in [0.2, 0.25) is 0 Å². The van der Waals surface area contributed by atoms with Crippen LogP contribution in [0, 0.1) is 6.92 Å². The molecule has 0 bridgehead atoms. The zero-order chi connectivity index (χ0) is 16.5. The van der Waals surface area contributed by atoms with Crippen LogP contribution >= 0.6 is 0 Å². The Kier molecular flexibility index (Phi) is 3.92. The number of anilines is 1. The summed E-state index contributed by atoms with van der Waals surface area (Å²) in [7, 11) is 0. The van der Waals surface area contributed by atoms with Gasteiger partial charge in [-0.3, -0.25) is 0 Å². The molecule has 0 N–H and O–H groups in total. The second-order valence-corrected chi connectivity index (χ2v) is 6.48. The minimum absolute atomic E-state index is 0.783. The molecule has 3 aromatic rings. The van der Waals surface area contributed by atoms with Crippen LogP contribution in [0.4, 0.5) is 5.69 Å². The van der Waals surface area contributed by atoms with E-state index < -0.39 is 0 Å². The predicted molar refractivity (Wildman–Crippen MR) is 97.2 cm³/mol. The lowest BCUT2D eigenvalue weighted by atomic mass is 10.1. The van der Waals surface area contributed by atoms with Crippen molar-refractivity contribution in [2.24, 2.45) is 0 Å². The fourth-order valence-corrected chi connectivity index (χ4v) is 3.40. The predicted octanol–water partition coefficient (Wildman–Crippen LogP) is 3.81. The van der Waals surface area contributed by atoms with Gasteiger partial charge in [-0.05, 0) is 50.5 Å². The van der Waals surface area contributed by atoms with E-state index in [4.69, 9.17) is 9.97 Å². The van der Waals surface area contributed by atoms with E-state index in [1.807, 2.05) is 17.8 Å². The molecule has 0 amide bonds. The molecule has 1 aromatic carbocycles. The van der Waals surface area contributed by atoms with Gasteiger partial charge in [0.25, 0.3) is 0 Å². The highest BCUT2D eigenvalue weighted by Gasteiger charge is 2.14. The number of nitrogens with zero attached hydrogens (tertiary/aromatic N) is 5. The van der Waals surface area contributed by atoms with Crippen LogP contribution in [0.3, 0.4) is 0 Å². The molecule has 0 spiro atoms. The molecule has 0 unspecified atom stereocenters. The number of aryl methyl sites for hydroxylation is 2. The number of rotatable bonds is 4. The third kappa shape index (κ3) is 2.64. The Balaban J connectivity index is 1.71. The summed E-state index contributed by atoms with van der Waals surface area (Å²) in [5, 5.41) is 5.50. The SMILES string of the molecule is CCCn1ncc2c(C)nc(-c3ccc(N4CCCC4)cc3)nc21. The van der Waals surface area contributed by atoms with Crippen molar-refractivity contribution >= 4 is 16.7 Å². The molecule has 0 radical (unpaired) electrons. The third-order valence-corrected chi connectivity index (χ3v) is 4.72. The Bertz CT molecular complexity index is 844. The van der Waals surface area contributed by atoms with Crippen molar-refractivity contribution in [1.82, 2.24) is 19.7 Å². The first-order valence-electron chi connectivity index (χ1n) is 8.82. The van der Waals surface area contributed by atoms with Crippen molar-refractivity contribution in [3.05, 3.63) is 36.2 Å². The highest BCUT2D eigenvalue weighted by molar-refractivity contribution is 5.79. The number of fused-ring (bicyclic) bond motifs is 1. The summed E-state index contributed by atoms with van der Waals surface area (Å²) in [5.41, 5.74) is 4.28. The van der Waals surface area contributed by atoms with Crippen LogP contribution in [-0.2, 0) is 6.54 Å². The van der Waals surface area contributed by atoms with Gasteiger partial charge in [0, 0.05) is 30.9 Å². The Morgan fingerprint density at radius 2 is 1.79 bits per heavy atom. The van der Waals surface area contributed by atoms with Crippen LogP contribution in [-0.4, -0.2) is 32.8 Å². The largest absolute Gasteiger partial charge is 0.372 e. The van der Waals surface area contributed by atoms with Gasteiger partial charge in [0.2, 0.25) is 0 Å². The Hall–Kier alpha value is -2.43. The summed E-state index contributed by atoms with van der Waals surface area (Å²) < 4.78 is 1.98. The highest BCUT2D eigenvalue weighted by atomic mass is 15.3. The van der Waals surface area contributed by atoms with Crippen molar-refractivity contribution < 1.29 is 0 Å². The average Bonchev–Trinajstić information content (AvgIpc) is 3.26. The molecule has 2 aromatic heterocycles. The molecule has 0 saturated carbocycles. The number of aromatic nitrogens is 4. The lowest BCUT2D eigenvalue weighted by Crippen LogP contribution is -2.17. The van der Waals surface area contributed by atoms with E-state index in [1.165, 1.54) is 18.5 Å². The summed E-state index contributed by atoms with van der Waals surface area (Å²) in [4.78, 5) is 11.9. The van der Waals surface area contributed by atoms with E-state index in [1.54, 1.807) is 0 Å².